The van der Waals surface area contributed by atoms with Crippen molar-refractivity contribution in [2.75, 3.05) is 45.8 Å². The molecule has 1 amide bonds. The van der Waals surface area contributed by atoms with E-state index in [0.29, 0.717) is 42.2 Å². The van der Waals surface area contributed by atoms with E-state index in [9.17, 15) is 9.59 Å². The molecule has 2 heterocycles. The number of benzene rings is 3. The minimum atomic E-state index is -0.168. The van der Waals surface area contributed by atoms with Gasteiger partial charge in [0.1, 0.15) is 6.61 Å². The molecule has 2 aliphatic heterocycles. The van der Waals surface area contributed by atoms with Crippen LogP contribution in [0.2, 0.25) is 5.02 Å². The van der Waals surface area contributed by atoms with Gasteiger partial charge in [-0.1, -0.05) is 91.3 Å². The van der Waals surface area contributed by atoms with Gasteiger partial charge in [-0.2, -0.15) is 0 Å². The lowest BCUT2D eigenvalue weighted by Crippen LogP contribution is -2.48. The number of likely N-dealkylation sites (tertiary alicyclic amines) is 2. The zero-order valence-electron chi connectivity index (χ0n) is 23.8. The predicted molar refractivity (Wildman–Crippen MR) is 163 cm³/mol. The Morgan fingerprint density at radius 1 is 0.902 bits per heavy atom. The van der Waals surface area contributed by atoms with Crippen LogP contribution in [0.5, 0.6) is 0 Å². The van der Waals surface area contributed by atoms with Gasteiger partial charge in [0.05, 0.1) is 17.1 Å². The van der Waals surface area contributed by atoms with Gasteiger partial charge in [0.25, 0.3) is 5.91 Å². The quantitative estimate of drug-likeness (QED) is 0.290. The Bertz CT molecular complexity index is 1280. The van der Waals surface area contributed by atoms with Crippen LogP contribution in [0.25, 0.3) is 0 Å². The van der Waals surface area contributed by atoms with Gasteiger partial charge >= 0.3 is 5.97 Å². The largest absolute Gasteiger partial charge is 0.460 e. The number of carbonyl (C=O) groups excluding carboxylic acids is 2. The SMILES string of the molecule is CCN(CC(=O)OCc1ccccc1)C1CCN(CC2CN(C(=O)c3ccccc3Cl)CC2c2ccccc2)CC1. The van der Waals surface area contributed by atoms with E-state index in [-0.39, 0.29) is 17.8 Å². The first kappa shape index (κ1) is 29.3. The maximum Gasteiger partial charge on any atom is 0.320 e. The number of halogens is 1. The monoisotopic (exact) mass is 573 g/mol. The zero-order chi connectivity index (χ0) is 28.6. The molecule has 2 fully saturated rings. The molecule has 2 saturated heterocycles. The second-order valence-electron chi connectivity index (χ2n) is 11.2. The molecule has 41 heavy (non-hydrogen) atoms. The number of ether oxygens (including phenoxy) is 1. The Kier molecular flexibility index (Phi) is 10.1. The average molecular weight is 574 g/mol. The van der Waals surface area contributed by atoms with Crippen molar-refractivity contribution in [3.05, 3.63) is 107 Å². The molecule has 0 radical (unpaired) electrons. The van der Waals surface area contributed by atoms with Gasteiger partial charge in [0, 0.05) is 31.6 Å². The topological polar surface area (TPSA) is 53.1 Å². The van der Waals surface area contributed by atoms with Gasteiger partial charge in [-0.05, 0) is 61.7 Å². The summed E-state index contributed by atoms with van der Waals surface area (Å²) in [5.41, 5.74) is 2.86. The lowest BCUT2D eigenvalue weighted by atomic mass is 9.88. The summed E-state index contributed by atoms with van der Waals surface area (Å²) < 4.78 is 5.55. The Morgan fingerprint density at radius 3 is 2.24 bits per heavy atom. The first-order valence-electron chi connectivity index (χ1n) is 14.8. The van der Waals surface area contributed by atoms with Gasteiger partial charge in [-0.15, -0.1) is 0 Å². The van der Waals surface area contributed by atoms with Crippen LogP contribution >= 0.6 is 11.6 Å². The number of amides is 1. The Labute approximate surface area is 248 Å². The Balaban J connectivity index is 1.16. The highest BCUT2D eigenvalue weighted by atomic mass is 35.5. The molecular weight excluding hydrogens is 534 g/mol. The summed E-state index contributed by atoms with van der Waals surface area (Å²) in [5, 5.41) is 0.503. The minimum Gasteiger partial charge on any atom is -0.460 e. The van der Waals surface area contributed by atoms with Crippen LogP contribution in [0.15, 0.2) is 84.9 Å². The standard InChI is InChI=1S/C34H40ClN3O3/c1-2-37(24-33(39)41-25-26-11-5-3-6-12-26)29-17-19-36(20-18-29)21-28-22-38(23-31(28)27-13-7-4-8-14-27)34(40)30-15-9-10-16-32(30)35/h3-16,28-29,31H,2,17-25H2,1H3. The number of carbonyl (C=O) groups is 2. The molecule has 3 aromatic carbocycles. The zero-order valence-corrected chi connectivity index (χ0v) is 24.6. The normalized spacial score (nSPS) is 19.9. The highest BCUT2D eigenvalue weighted by molar-refractivity contribution is 6.33. The fourth-order valence-electron chi connectivity index (χ4n) is 6.35. The van der Waals surface area contributed by atoms with Crippen molar-refractivity contribution < 1.29 is 14.3 Å². The Morgan fingerprint density at radius 2 is 1.56 bits per heavy atom. The van der Waals surface area contributed by atoms with Gasteiger partial charge in [0.2, 0.25) is 0 Å². The highest BCUT2D eigenvalue weighted by Gasteiger charge is 2.38. The van der Waals surface area contributed by atoms with Gasteiger partial charge in [-0.3, -0.25) is 14.5 Å². The van der Waals surface area contributed by atoms with Crippen LogP contribution in [0.3, 0.4) is 0 Å². The van der Waals surface area contributed by atoms with Gasteiger partial charge in [-0.25, -0.2) is 0 Å². The van der Waals surface area contributed by atoms with E-state index in [1.807, 2.05) is 59.5 Å². The van der Waals surface area contributed by atoms with Crippen molar-refractivity contribution >= 4 is 23.5 Å². The fraction of sp³-hybridized carbons (Fsp3) is 0.412. The first-order valence-corrected chi connectivity index (χ1v) is 15.1. The summed E-state index contributed by atoms with van der Waals surface area (Å²) in [6.45, 7) is 7.91. The van der Waals surface area contributed by atoms with Crippen molar-refractivity contribution in [2.45, 2.75) is 38.3 Å². The number of piperidine rings is 1. The second-order valence-corrected chi connectivity index (χ2v) is 11.6. The number of esters is 1. The third-order valence-electron chi connectivity index (χ3n) is 8.61. The molecule has 0 N–H and O–H groups in total. The minimum absolute atomic E-state index is 0.00970. The molecule has 3 aromatic rings. The van der Waals surface area contributed by atoms with E-state index in [1.54, 1.807) is 6.07 Å². The maximum absolute atomic E-state index is 13.4. The first-order chi connectivity index (χ1) is 20.0. The van der Waals surface area contributed by atoms with E-state index in [1.165, 1.54) is 5.56 Å². The number of nitrogens with zero attached hydrogens (tertiary/aromatic N) is 3. The van der Waals surface area contributed by atoms with Crippen LogP contribution in [-0.2, 0) is 16.1 Å². The van der Waals surface area contributed by atoms with Crippen LogP contribution < -0.4 is 0 Å². The van der Waals surface area contributed by atoms with Crippen molar-refractivity contribution in [2.24, 2.45) is 5.92 Å². The molecule has 0 aliphatic carbocycles. The van der Waals surface area contributed by atoms with Crippen LogP contribution in [-0.4, -0.2) is 78.4 Å². The summed E-state index contributed by atoms with van der Waals surface area (Å²) in [4.78, 5) is 32.8. The molecule has 7 heteroatoms. The van der Waals surface area contributed by atoms with Crippen LogP contribution in [0.4, 0.5) is 0 Å². The molecule has 2 aliphatic rings. The maximum atomic E-state index is 13.4. The predicted octanol–water partition coefficient (Wildman–Crippen LogP) is 5.73. The van der Waals surface area contributed by atoms with Gasteiger partial charge in [0.15, 0.2) is 0 Å². The second kappa shape index (κ2) is 14.1. The molecular formula is C34H40ClN3O3. The molecule has 0 saturated carbocycles. The van der Waals surface area contributed by atoms with Gasteiger partial charge < -0.3 is 14.5 Å². The van der Waals surface area contributed by atoms with Crippen LogP contribution in [0, 0.1) is 5.92 Å². The fourth-order valence-corrected chi connectivity index (χ4v) is 6.57. The summed E-state index contributed by atoms with van der Waals surface area (Å²) in [6, 6.07) is 28.1. The average Bonchev–Trinajstić information content (AvgIpc) is 3.44. The summed E-state index contributed by atoms with van der Waals surface area (Å²) in [5.74, 6) is 0.469. The number of hydrogen-bond donors (Lipinski definition) is 0. The molecule has 6 nitrogen and oxygen atoms in total. The molecule has 0 bridgehead atoms. The number of rotatable bonds is 10. The number of likely N-dealkylation sites (N-methyl/N-ethyl adjacent to an activating group) is 1. The molecule has 0 spiro atoms. The smallest absolute Gasteiger partial charge is 0.320 e. The molecule has 5 rings (SSSR count). The van der Waals surface area contributed by atoms with Crippen molar-refractivity contribution in [3.63, 3.8) is 0 Å². The van der Waals surface area contributed by atoms with Crippen molar-refractivity contribution in [1.29, 1.82) is 0 Å². The number of hydrogen-bond acceptors (Lipinski definition) is 5. The van der Waals surface area contributed by atoms with Crippen molar-refractivity contribution in [3.8, 4) is 0 Å². The lowest BCUT2D eigenvalue weighted by Gasteiger charge is -2.39. The van der Waals surface area contributed by atoms with E-state index in [2.05, 4.69) is 41.0 Å². The van der Waals surface area contributed by atoms with Crippen molar-refractivity contribution in [1.82, 2.24) is 14.7 Å². The Hall–Kier alpha value is -3.19. The van der Waals surface area contributed by atoms with E-state index >= 15 is 0 Å². The highest BCUT2D eigenvalue weighted by Crippen LogP contribution is 2.35. The summed E-state index contributed by atoms with van der Waals surface area (Å²) in [6.07, 6.45) is 2.04. The van der Waals surface area contributed by atoms with E-state index in [4.69, 9.17) is 16.3 Å². The molecule has 2 atom stereocenters. The summed E-state index contributed by atoms with van der Waals surface area (Å²) >= 11 is 6.38. The third-order valence-corrected chi connectivity index (χ3v) is 8.94. The lowest BCUT2D eigenvalue weighted by molar-refractivity contribution is -0.147. The van der Waals surface area contributed by atoms with Crippen LogP contribution in [0.1, 0.15) is 47.2 Å². The summed E-state index contributed by atoms with van der Waals surface area (Å²) in [7, 11) is 0. The van der Waals surface area contributed by atoms with E-state index in [0.717, 1.165) is 51.1 Å². The molecule has 0 aromatic heterocycles. The van der Waals surface area contributed by atoms with E-state index < -0.39 is 0 Å². The molecule has 216 valence electrons. The molecule has 2 unspecified atom stereocenters. The third kappa shape index (κ3) is 7.56.